The van der Waals surface area contributed by atoms with Crippen molar-refractivity contribution in [1.82, 2.24) is 0 Å². The van der Waals surface area contributed by atoms with Gasteiger partial charge in [-0.05, 0) is 30.4 Å². The van der Waals surface area contributed by atoms with Crippen LogP contribution in [0, 0.1) is 0 Å². The van der Waals surface area contributed by atoms with E-state index in [0.717, 1.165) is 31.4 Å². The first-order valence-electron chi connectivity index (χ1n) is 7.20. The molecule has 2 aromatic carbocycles. The van der Waals surface area contributed by atoms with E-state index in [1.807, 2.05) is 12.1 Å². The van der Waals surface area contributed by atoms with Gasteiger partial charge in [0.1, 0.15) is 0 Å². The number of oxime groups is 1. The smallest absolute Gasteiger partial charge is 0.0720 e. The van der Waals surface area contributed by atoms with Gasteiger partial charge in [-0.2, -0.15) is 0 Å². The molecular weight excluding hydrogens is 246 g/mol. The van der Waals surface area contributed by atoms with E-state index >= 15 is 0 Å². The van der Waals surface area contributed by atoms with Gasteiger partial charge in [-0.15, -0.1) is 0 Å². The van der Waals surface area contributed by atoms with Crippen LogP contribution in [-0.4, -0.2) is 10.9 Å². The average molecular weight is 265 g/mol. The highest BCUT2D eigenvalue weighted by Gasteiger charge is 2.41. The fourth-order valence-electron chi connectivity index (χ4n) is 3.41. The molecule has 1 saturated carbocycles. The summed E-state index contributed by atoms with van der Waals surface area (Å²) in [6.07, 6.45) is 4.12. The molecular formula is C18H19NO. The van der Waals surface area contributed by atoms with Crippen LogP contribution in [0.4, 0.5) is 0 Å². The Labute approximate surface area is 119 Å². The lowest BCUT2D eigenvalue weighted by Crippen LogP contribution is -2.40. The van der Waals surface area contributed by atoms with Crippen LogP contribution < -0.4 is 0 Å². The molecule has 0 saturated heterocycles. The third-order valence-corrected chi connectivity index (χ3v) is 4.36. The Morgan fingerprint density at radius 3 is 1.85 bits per heavy atom. The number of benzene rings is 2. The SMILES string of the molecule is O/N=C1/CCCCC1(c1ccccc1)c1ccccc1. The van der Waals surface area contributed by atoms with Gasteiger partial charge < -0.3 is 5.21 Å². The van der Waals surface area contributed by atoms with Crippen LogP contribution >= 0.6 is 0 Å². The second-order valence-corrected chi connectivity index (χ2v) is 5.39. The molecule has 0 aliphatic heterocycles. The lowest BCUT2D eigenvalue weighted by Gasteiger charge is -2.39. The van der Waals surface area contributed by atoms with E-state index in [1.165, 1.54) is 11.1 Å². The third-order valence-electron chi connectivity index (χ3n) is 4.36. The maximum atomic E-state index is 9.54. The van der Waals surface area contributed by atoms with Crippen LogP contribution in [0.15, 0.2) is 65.8 Å². The summed E-state index contributed by atoms with van der Waals surface area (Å²) in [6.45, 7) is 0. The summed E-state index contributed by atoms with van der Waals surface area (Å²) < 4.78 is 0. The Hall–Kier alpha value is -2.09. The Balaban J connectivity index is 2.22. The summed E-state index contributed by atoms with van der Waals surface area (Å²) in [6, 6.07) is 20.9. The third kappa shape index (κ3) is 2.01. The van der Waals surface area contributed by atoms with Crippen molar-refractivity contribution in [1.29, 1.82) is 0 Å². The van der Waals surface area contributed by atoms with Gasteiger partial charge in [0.2, 0.25) is 0 Å². The van der Waals surface area contributed by atoms with Gasteiger partial charge >= 0.3 is 0 Å². The van der Waals surface area contributed by atoms with E-state index in [-0.39, 0.29) is 5.41 Å². The highest BCUT2D eigenvalue weighted by molar-refractivity contribution is 5.98. The molecule has 1 fully saturated rings. The molecule has 1 aliphatic carbocycles. The van der Waals surface area contributed by atoms with Crippen molar-refractivity contribution in [2.75, 3.05) is 0 Å². The van der Waals surface area contributed by atoms with Gasteiger partial charge in [-0.1, -0.05) is 72.2 Å². The zero-order chi connectivity index (χ0) is 13.8. The highest BCUT2D eigenvalue weighted by Crippen LogP contribution is 2.43. The monoisotopic (exact) mass is 265 g/mol. The lowest BCUT2D eigenvalue weighted by molar-refractivity contribution is 0.308. The minimum Gasteiger partial charge on any atom is -0.411 e. The summed E-state index contributed by atoms with van der Waals surface area (Å²) in [4.78, 5) is 0. The van der Waals surface area contributed by atoms with Gasteiger partial charge in [0.15, 0.2) is 0 Å². The number of rotatable bonds is 2. The molecule has 20 heavy (non-hydrogen) atoms. The molecule has 0 radical (unpaired) electrons. The molecule has 0 heterocycles. The summed E-state index contributed by atoms with van der Waals surface area (Å²) >= 11 is 0. The summed E-state index contributed by atoms with van der Waals surface area (Å²) in [7, 11) is 0. The van der Waals surface area contributed by atoms with Gasteiger partial charge in [-0.25, -0.2) is 0 Å². The minimum atomic E-state index is -0.268. The van der Waals surface area contributed by atoms with Gasteiger partial charge in [-0.3, -0.25) is 0 Å². The molecule has 2 nitrogen and oxygen atoms in total. The Bertz CT molecular complexity index is 550. The second-order valence-electron chi connectivity index (χ2n) is 5.39. The molecule has 1 N–H and O–H groups in total. The Kier molecular flexibility index (Phi) is 3.55. The van der Waals surface area contributed by atoms with Crippen LogP contribution in [0.5, 0.6) is 0 Å². The highest BCUT2D eigenvalue weighted by atomic mass is 16.4. The van der Waals surface area contributed by atoms with Gasteiger partial charge in [0, 0.05) is 0 Å². The zero-order valence-electron chi connectivity index (χ0n) is 11.5. The Morgan fingerprint density at radius 1 is 0.800 bits per heavy atom. The van der Waals surface area contributed by atoms with Gasteiger partial charge in [0.05, 0.1) is 11.1 Å². The van der Waals surface area contributed by atoms with Crippen molar-refractivity contribution in [2.24, 2.45) is 5.16 Å². The van der Waals surface area contributed by atoms with E-state index in [4.69, 9.17) is 0 Å². The topological polar surface area (TPSA) is 32.6 Å². The predicted octanol–water partition coefficient (Wildman–Crippen LogP) is 4.38. The quantitative estimate of drug-likeness (QED) is 0.634. The van der Waals surface area contributed by atoms with Crippen molar-refractivity contribution in [2.45, 2.75) is 31.1 Å². The van der Waals surface area contributed by atoms with E-state index in [9.17, 15) is 5.21 Å². The van der Waals surface area contributed by atoms with Crippen molar-refractivity contribution in [3.05, 3.63) is 71.8 Å². The molecule has 0 bridgehead atoms. The van der Waals surface area contributed by atoms with Gasteiger partial charge in [0.25, 0.3) is 0 Å². The molecule has 0 amide bonds. The summed E-state index contributed by atoms with van der Waals surface area (Å²) in [5.74, 6) is 0. The van der Waals surface area contributed by atoms with Crippen LogP contribution in [0.3, 0.4) is 0 Å². The van der Waals surface area contributed by atoms with E-state index in [1.54, 1.807) is 0 Å². The lowest BCUT2D eigenvalue weighted by atomic mass is 9.64. The first-order chi connectivity index (χ1) is 9.88. The molecule has 2 aromatic rings. The zero-order valence-corrected chi connectivity index (χ0v) is 11.5. The van der Waals surface area contributed by atoms with Crippen LogP contribution in [0.1, 0.15) is 36.8 Å². The molecule has 2 heteroatoms. The average Bonchev–Trinajstić information content (AvgIpc) is 2.56. The van der Waals surface area contributed by atoms with Crippen molar-refractivity contribution >= 4 is 5.71 Å². The largest absolute Gasteiger partial charge is 0.411 e. The van der Waals surface area contributed by atoms with Crippen molar-refractivity contribution < 1.29 is 5.21 Å². The fraction of sp³-hybridized carbons (Fsp3) is 0.278. The van der Waals surface area contributed by atoms with Crippen LogP contribution in [-0.2, 0) is 5.41 Å². The number of nitrogens with zero attached hydrogens (tertiary/aromatic N) is 1. The fourth-order valence-corrected chi connectivity index (χ4v) is 3.41. The van der Waals surface area contributed by atoms with Crippen LogP contribution in [0.2, 0.25) is 0 Å². The molecule has 0 atom stereocenters. The van der Waals surface area contributed by atoms with E-state index < -0.39 is 0 Å². The predicted molar refractivity (Wildman–Crippen MR) is 81.4 cm³/mol. The summed E-state index contributed by atoms with van der Waals surface area (Å²) in [5.41, 5.74) is 3.06. The molecule has 1 aliphatic rings. The maximum Gasteiger partial charge on any atom is 0.0720 e. The molecule has 0 aromatic heterocycles. The molecule has 0 spiro atoms. The van der Waals surface area contributed by atoms with E-state index in [0.29, 0.717) is 0 Å². The van der Waals surface area contributed by atoms with Crippen molar-refractivity contribution in [3.8, 4) is 0 Å². The number of hydrogen-bond acceptors (Lipinski definition) is 2. The first-order valence-corrected chi connectivity index (χ1v) is 7.20. The molecule has 3 rings (SSSR count). The molecule has 102 valence electrons. The normalized spacial score (nSPS) is 19.9. The summed E-state index contributed by atoms with van der Waals surface area (Å²) in [5, 5.41) is 13.2. The minimum absolute atomic E-state index is 0.268. The maximum absolute atomic E-state index is 9.54. The standard InChI is InChI=1S/C18H19NO/c20-19-17-13-7-8-14-18(17,15-9-3-1-4-10-15)16-11-5-2-6-12-16/h1-6,9-12,20H,7-8,13-14H2/b19-17-. The van der Waals surface area contributed by atoms with E-state index in [2.05, 4.69) is 53.7 Å². The molecule has 0 unspecified atom stereocenters. The van der Waals surface area contributed by atoms with Crippen LogP contribution in [0.25, 0.3) is 0 Å². The first kappa shape index (κ1) is 12.9. The second kappa shape index (κ2) is 5.49. The van der Waals surface area contributed by atoms with Crippen molar-refractivity contribution in [3.63, 3.8) is 0 Å². The Morgan fingerprint density at radius 2 is 1.35 bits per heavy atom. The number of hydrogen-bond donors (Lipinski definition) is 1.